The van der Waals surface area contributed by atoms with E-state index in [1.54, 1.807) is 0 Å². The predicted octanol–water partition coefficient (Wildman–Crippen LogP) is -7.29. The van der Waals surface area contributed by atoms with Crippen LogP contribution in [0.3, 0.4) is 0 Å². The van der Waals surface area contributed by atoms with Crippen LogP contribution < -0.4 is 59.1 Å². The maximum atomic E-state index is 10.4. The molecule has 0 heterocycles. The standard InChI is InChI=1S/2Na.H5O10P3.H2O.2H/c;;1-11(2,3)9-13(7,8)10-12(4,5)6;;;/h;;(H,7,8)(H2,1,2,3)(H2,4,5,6);1H2;;/q2*+1;;;2*-1. The van der Waals surface area contributed by atoms with Crippen LogP contribution >= 0.6 is 23.5 Å². The van der Waals surface area contributed by atoms with E-state index in [2.05, 4.69) is 8.62 Å². The summed E-state index contributed by atoms with van der Waals surface area (Å²) in [6, 6.07) is 0. The summed E-state index contributed by atoms with van der Waals surface area (Å²) in [4.78, 5) is 40.2. The summed E-state index contributed by atoms with van der Waals surface area (Å²) < 4.78 is 36.4. The van der Waals surface area contributed by atoms with Crippen LogP contribution in [0.4, 0.5) is 0 Å². The summed E-state index contributed by atoms with van der Waals surface area (Å²) in [5.41, 5.74) is 0. The molecule has 0 saturated carbocycles. The molecule has 0 saturated heterocycles. The van der Waals surface area contributed by atoms with Crippen LogP contribution in [0, 0.1) is 0 Å². The Kier molecular flexibility index (Phi) is 15.6. The van der Waals surface area contributed by atoms with E-state index in [1.165, 1.54) is 0 Å². The molecule has 0 rings (SSSR count). The molecule has 0 fully saturated rings. The molecule has 16 heteroatoms. The minimum atomic E-state index is -5.46. The SMILES string of the molecule is O.O=P(O)(O)OP(=O)(O)OP(=O)(O)O.[H-].[H-].[Na+].[Na+]. The quantitative estimate of drug-likeness (QED) is 0.244. The van der Waals surface area contributed by atoms with Crippen molar-refractivity contribution in [3.05, 3.63) is 0 Å². The Morgan fingerprint density at radius 1 is 0.750 bits per heavy atom. The second-order valence-electron chi connectivity index (χ2n) is 1.61. The van der Waals surface area contributed by atoms with Gasteiger partial charge in [0, 0.05) is 0 Å². The van der Waals surface area contributed by atoms with E-state index in [1.807, 2.05) is 0 Å². The first kappa shape index (κ1) is 26.8. The molecule has 0 spiro atoms. The molecule has 0 aliphatic rings. The van der Waals surface area contributed by atoms with E-state index in [-0.39, 0.29) is 67.4 Å². The Hall–Kier alpha value is 2.37. The van der Waals surface area contributed by atoms with Crippen molar-refractivity contribution >= 4 is 23.5 Å². The number of phosphoric acid groups is 3. The molecule has 0 aliphatic carbocycles. The third-order valence-corrected chi connectivity index (χ3v) is 3.77. The van der Waals surface area contributed by atoms with Gasteiger partial charge in [-0.05, 0) is 0 Å². The molecule has 11 nitrogen and oxygen atoms in total. The molecule has 16 heavy (non-hydrogen) atoms. The maximum absolute atomic E-state index is 10.4. The van der Waals surface area contributed by atoms with Crippen LogP contribution in [0.25, 0.3) is 0 Å². The molecule has 0 unspecified atom stereocenters. The third-order valence-electron chi connectivity index (χ3n) is 0.419. The van der Waals surface area contributed by atoms with Crippen LogP contribution in [0.15, 0.2) is 0 Å². The number of hydrogen-bond donors (Lipinski definition) is 5. The van der Waals surface area contributed by atoms with Gasteiger partial charge in [0.1, 0.15) is 0 Å². The Labute approximate surface area is 136 Å². The molecule has 0 radical (unpaired) electrons. The summed E-state index contributed by atoms with van der Waals surface area (Å²) in [6.45, 7) is 0. The molecule has 0 aromatic carbocycles. The second-order valence-corrected chi connectivity index (χ2v) is 5.82. The van der Waals surface area contributed by atoms with Crippen molar-refractivity contribution in [3.8, 4) is 0 Å². The molecule has 7 N–H and O–H groups in total. The molecule has 92 valence electrons. The zero-order valence-electron chi connectivity index (χ0n) is 10.1. The Morgan fingerprint density at radius 2 is 0.938 bits per heavy atom. The van der Waals surface area contributed by atoms with Crippen LogP contribution in [-0.4, -0.2) is 29.9 Å². The van der Waals surface area contributed by atoms with Crippen molar-refractivity contribution in [2.24, 2.45) is 0 Å². The van der Waals surface area contributed by atoms with Gasteiger partial charge in [0.25, 0.3) is 0 Å². The summed E-state index contributed by atoms with van der Waals surface area (Å²) >= 11 is 0. The van der Waals surface area contributed by atoms with Crippen molar-refractivity contribution in [1.82, 2.24) is 0 Å². The van der Waals surface area contributed by atoms with Crippen LogP contribution in [0.1, 0.15) is 2.85 Å². The first-order valence-electron chi connectivity index (χ1n) is 2.28. The van der Waals surface area contributed by atoms with E-state index in [0.717, 1.165) is 0 Å². The first-order valence-corrected chi connectivity index (χ1v) is 6.83. The summed E-state index contributed by atoms with van der Waals surface area (Å²) in [6.07, 6.45) is 0. The summed E-state index contributed by atoms with van der Waals surface area (Å²) in [5, 5.41) is 0. The molecule has 0 amide bonds. The third kappa shape index (κ3) is 18.7. The van der Waals surface area contributed by atoms with Crippen LogP contribution in [-0.2, 0) is 22.3 Å². The normalized spacial score (nSPS) is 11.8. The predicted molar refractivity (Wildman–Crippen MR) is 41.9 cm³/mol. The van der Waals surface area contributed by atoms with Gasteiger partial charge in [0.05, 0.1) is 0 Å². The molecule has 0 bridgehead atoms. The van der Waals surface area contributed by atoms with E-state index in [9.17, 15) is 13.7 Å². The first-order chi connectivity index (χ1) is 5.41. The van der Waals surface area contributed by atoms with Crippen LogP contribution in [0.2, 0.25) is 0 Å². The van der Waals surface area contributed by atoms with Crippen molar-refractivity contribution in [1.29, 1.82) is 0 Å². The Morgan fingerprint density at radius 3 is 1.06 bits per heavy atom. The van der Waals surface area contributed by atoms with E-state index in [4.69, 9.17) is 24.5 Å². The fourth-order valence-corrected chi connectivity index (χ4v) is 2.82. The van der Waals surface area contributed by atoms with Crippen molar-refractivity contribution < 1.29 is 114 Å². The van der Waals surface area contributed by atoms with Gasteiger partial charge in [-0.3, -0.25) is 0 Å². The molecular weight excluding hydrogens is 315 g/mol. The zero-order valence-corrected chi connectivity index (χ0v) is 14.8. The van der Waals surface area contributed by atoms with E-state index in [0.29, 0.717) is 0 Å². The van der Waals surface area contributed by atoms with Gasteiger partial charge in [0.2, 0.25) is 0 Å². The molecule has 0 aromatic heterocycles. The molecule has 0 aliphatic heterocycles. The molecule has 0 aromatic rings. The minimum absolute atomic E-state index is 0. The topological polar surface area (TPSA) is 202 Å². The second kappa shape index (κ2) is 9.30. The van der Waals surface area contributed by atoms with Gasteiger partial charge in [-0.25, -0.2) is 13.7 Å². The van der Waals surface area contributed by atoms with Crippen LogP contribution in [0.5, 0.6) is 0 Å². The van der Waals surface area contributed by atoms with Crippen molar-refractivity contribution in [3.63, 3.8) is 0 Å². The maximum Gasteiger partial charge on any atom is 1.00 e. The monoisotopic (exact) mass is 324 g/mol. The van der Waals surface area contributed by atoms with Crippen molar-refractivity contribution in [2.75, 3.05) is 0 Å². The zero-order chi connectivity index (χ0) is 10.9. The van der Waals surface area contributed by atoms with Crippen molar-refractivity contribution in [2.45, 2.75) is 0 Å². The molecule has 0 atom stereocenters. The van der Waals surface area contributed by atoms with Gasteiger partial charge in [-0.15, -0.1) is 0 Å². The van der Waals surface area contributed by atoms with Gasteiger partial charge < -0.3 is 32.8 Å². The van der Waals surface area contributed by atoms with Gasteiger partial charge in [-0.2, -0.15) is 8.62 Å². The number of hydrogen-bond acceptors (Lipinski definition) is 5. The average molecular weight is 324 g/mol. The Balaban J connectivity index is -0.0000000720. The van der Waals surface area contributed by atoms with Gasteiger partial charge in [0.15, 0.2) is 0 Å². The number of rotatable bonds is 4. The minimum Gasteiger partial charge on any atom is -1.00 e. The van der Waals surface area contributed by atoms with Gasteiger partial charge in [-0.1, -0.05) is 0 Å². The summed E-state index contributed by atoms with van der Waals surface area (Å²) in [7, 11) is -16.2. The fourth-order valence-electron chi connectivity index (χ4n) is 0.284. The molecular formula is H9Na2O11P3. The van der Waals surface area contributed by atoms with Gasteiger partial charge >= 0.3 is 82.6 Å². The van der Waals surface area contributed by atoms with E-state index < -0.39 is 23.5 Å². The largest absolute Gasteiger partial charge is 1.00 e. The summed E-state index contributed by atoms with van der Waals surface area (Å²) in [5.74, 6) is 0. The fraction of sp³-hybridized carbons (Fsp3) is 0. The van der Waals surface area contributed by atoms with E-state index >= 15 is 0 Å². The average Bonchev–Trinajstić information content (AvgIpc) is 1.43. The smallest absolute Gasteiger partial charge is 1.00 e. The Bertz CT molecular complexity index is 290.